The fourth-order valence-electron chi connectivity index (χ4n) is 5.00. The number of rotatable bonds is 8. The molecule has 6 nitrogen and oxygen atoms in total. The summed E-state index contributed by atoms with van der Waals surface area (Å²) in [7, 11) is 1.71. The summed E-state index contributed by atoms with van der Waals surface area (Å²) < 4.78 is 27.4. The number of hydrogen-bond donors (Lipinski definition) is 3. The summed E-state index contributed by atoms with van der Waals surface area (Å²) in [6.07, 6.45) is 9.56. The van der Waals surface area contributed by atoms with Crippen LogP contribution >= 0.6 is 0 Å². The number of likely N-dealkylation sites (tertiary alicyclic amines) is 1. The van der Waals surface area contributed by atoms with Gasteiger partial charge in [-0.15, -0.1) is 0 Å². The molecule has 1 aliphatic heterocycles. The number of H-pyrrole nitrogens is 1. The van der Waals surface area contributed by atoms with Crippen LogP contribution in [-0.2, 0) is 22.4 Å². The topological polar surface area (TPSA) is 77.2 Å². The van der Waals surface area contributed by atoms with E-state index in [0.29, 0.717) is 62.9 Å². The van der Waals surface area contributed by atoms with Gasteiger partial charge in [-0.2, -0.15) is 0 Å². The van der Waals surface area contributed by atoms with Crippen molar-refractivity contribution in [3.8, 4) is 0 Å². The molecule has 0 bridgehead atoms. The summed E-state index contributed by atoms with van der Waals surface area (Å²) in [6.45, 7) is 6.93. The molecule has 0 unspecified atom stereocenters. The third-order valence-corrected chi connectivity index (χ3v) is 7.24. The largest absolute Gasteiger partial charge is 0.372 e. The first-order valence-electron chi connectivity index (χ1n) is 12.7. The number of nitrogens with zero attached hydrogens (tertiary/aromatic N) is 1. The standard InChI is InChI=1S/C28H33BF2N4O2/c1-18(3-4-20-5-7-25(31)24(29)15-20)34-28(10-13-35(14-11-28)19(2)36)27(37)32-12-9-21-17-33-26-8-6-22(30)16-23(21)26/h3-5,7,15-17,33-34H,1,6,8-14,29H2,2H3,(H,32,37)/b4-3+. The summed E-state index contributed by atoms with van der Waals surface area (Å²) in [4.78, 5) is 30.3. The summed E-state index contributed by atoms with van der Waals surface area (Å²) >= 11 is 0. The van der Waals surface area contributed by atoms with Crippen LogP contribution in [0.2, 0.25) is 0 Å². The second-order valence-corrected chi connectivity index (χ2v) is 9.88. The van der Waals surface area contributed by atoms with Gasteiger partial charge < -0.3 is 20.5 Å². The predicted octanol–water partition coefficient (Wildman–Crippen LogP) is 2.53. The number of aromatic nitrogens is 1. The minimum Gasteiger partial charge on any atom is -0.372 e. The quantitative estimate of drug-likeness (QED) is 0.381. The molecule has 0 radical (unpaired) electrons. The fourth-order valence-corrected chi connectivity index (χ4v) is 5.00. The van der Waals surface area contributed by atoms with Crippen LogP contribution in [0, 0.1) is 5.82 Å². The molecule has 1 aliphatic carbocycles. The Kier molecular flexibility index (Phi) is 8.00. The predicted molar refractivity (Wildman–Crippen MR) is 145 cm³/mol. The highest BCUT2D eigenvalue weighted by molar-refractivity contribution is 6.32. The lowest BCUT2D eigenvalue weighted by atomic mass is 9.85. The number of piperidine rings is 1. The number of allylic oxidation sites excluding steroid dienone is 2. The first kappa shape index (κ1) is 26.4. The Hall–Kier alpha value is -3.62. The summed E-state index contributed by atoms with van der Waals surface area (Å²) in [5, 5.41) is 6.36. The number of carbonyl (C=O) groups is 2. The Morgan fingerprint density at radius 1 is 1.24 bits per heavy atom. The molecule has 1 saturated heterocycles. The molecular weight excluding hydrogens is 473 g/mol. The number of amides is 2. The smallest absolute Gasteiger partial charge is 0.245 e. The zero-order valence-corrected chi connectivity index (χ0v) is 21.4. The normalized spacial score (nSPS) is 16.7. The third-order valence-electron chi connectivity index (χ3n) is 7.24. The lowest BCUT2D eigenvalue weighted by Crippen LogP contribution is -2.62. The van der Waals surface area contributed by atoms with E-state index in [1.165, 1.54) is 13.0 Å². The second-order valence-electron chi connectivity index (χ2n) is 9.88. The molecule has 4 rings (SSSR count). The fraction of sp³-hybridized carbons (Fsp3) is 0.357. The average molecular weight is 506 g/mol. The van der Waals surface area contributed by atoms with Crippen molar-refractivity contribution >= 4 is 37.3 Å². The number of aryl methyl sites for hydroxylation is 1. The van der Waals surface area contributed by atoms with Crippen molar-refractivity contribution < 1.29 is 18.4 Å². The van der Waals surface area contributed by atoms with Gasteiger partial charge in [0, 0.05) is 56.1 Å². The van der Waals surface area contributed by atoms with Crippen molar-refractivity contribution in [3.63, 3.8) is 0 Å². The SMILES string of the molecule is Bc1cc(/C=C/C(=C)NC2(C(=O)NCCc3c[nH]c4c3C=C(F)CC4)CCN(C(C)=O)CC2)ccc1F. The number of carbonyl (C=O) groups excluding carboxylic acids is 2. The van der Waals surface area contributed by atoms with E-state index in [4.69, 9.17) is 0 Å². The van der Waals surface area contributed by atoms with E-state index in [2.05, 4.69) is 22.2 Å². The molecule has 1 fully saturated rings. The zero-order chi connectivity index (χ0) is 26.6. The van der Waals surface area contributed by atoms with Crippen molar-refractivity contribution in [1.82, 2.24) is 20.5 Å². The molecule has 2 heterocycles. The summed E-state index contributed by atoms with van der Waals surface area (Å²) in [5.74, 6) is -0.561. The maximum atomic E-state index is 13.8. The molecule has 0 atom stereocenters. The molecule has 194 valence electrons. The summed E-state index contributed by atoms with van der Waals surface area (Å²) in [6, 6.07) is 4.85. The van der Waals surface area contributed by atoms with Gasteiger partial charge in [-0.1, -0.05) is 30.3 Å². The number of benzene rings is 1. The number of fused-ring (bicyclic) bond motifs is 1. The minimum atomic E-state index is -0.921. The molecule has 1 aromatic heterocycles. The number of nitrogens with one attached hydrogen (secondary N) is 3. The highest BCUT2D eigenvalue weighted by Crippen LogP contribution is 2.28. The Labute approximate surface area is 217 Å². The van der Waals surface area contributed by atoms with Crippen LogP contribution in [0.15, 0.2) is 48.6 Å². The van der Waals surface area contributed by atoms with E-state index in [9.17, 15) is 18.4 Å². The van der Waals surface area contributed by atoms with Crippen molar-refractivity contribution in [3.05, 3.63) is 76.8 Å². The van der Waals surface area contributed by atoms with Gasteiger partial charge in [0.15, 0.2) is 0 Å². The molecule has 1 aromatic carbocycles. The molecule has 3 N–H and O–H groups in total. The van der Waals surface area contributed by atoms with E-state index < -0.39 is 5.54 Å². The summed E-state index contributed by atoms with van der Waals surface area (Å²) in [5.41, 5.74) is 3.89. The van der Waals surface area contributed by atoms with Crippen LogP contribution in [-0.4, -0.2) is 54.7 Å². The van der Waals surface area contributed by atoms with Gasteiger partial charge in [0.25, 0.3) is 0 Å². The van der Waals surface area contributed by atoms with Gasteiger partial charge >= 0.3 is 0 Å². The van der Waals surface area contributed by atoms with Crippen LogP contribution in [0.1, 0.15) is 48.6 Å². The number of hydrogen-bond acceptors (Lipinski definition) is 3. The first-order chi connectivity index (χ1) is 17.7. The van der Waals surface area contributed by atoms with Gasteiger partial charge in [0.2, 0.25) is 11.8 Å². The molecule has 2 amide bonds. The van der Waals surface area contributed by atoms with Gasteiger partial charge in [-0.05, 0) is 55.0 Å². The van der Waals surface area contributed by atoms with E-state index in [-0.39, 0.29) is 23.5 Å². The molecule has 0 spiro atoms. The maximum Gasteiger partial charge on any atom is 0.245 e. The lowest BCUT2D eigenvalue weighted by Gasteiger charge is -2.41. The highest BCUT2D eigenvalue weighted by atomic mass is 19.1. The second kappa shape index (κ2) is 11.2. The van der Waals surface area contributed by atoms with Crippen molar-refractivity contribution in [2.45, 2.75) is 44.6 Å². The molecule has 0 saturated carbocycles. The highest BCUT2D eigenvalue weighted by Gasteiger charge is 2.41. The zero-order valence-electron chi connectivity index (χ0n) is 21.4. The molecule has 9 heteroatoms. The first-order valence-corrected chi connectivity index (χ1v) is 12.7. The van der Waals surface area contributed by atoms with E-state index in [1.807, 2.05) is 12.3 Å². The molecular formula is C28H33BF2N4O2. The van der Waals surface area contributed by atoms with Gasteiger partial charge in [0.05, 0.1) is 0 Å². The van der Waals surface area contributed by atoms with Gasteiger partial charge in [-0.25, -0.2) is 8.78 Å². The van der Waals surface area contributed by atoms with Crippen LogP contribution in [0.25, 0.3) is 12.2 Å². The molecule has 2 aromatic rings. The Balaban J connectivity index is 1.43. The Morgan fingerprint density at radius 2 is 2.00 bits per heavy atom. The van der Waals surface area contributed by atoms with E-state index in [0.717, 1.165) is 22.4 Å². The third kappa shape index (κ3) is 6.21. The van der Waals surface area contributed by atoms with Crippen molar-refractivity contribution in [1.29, 1.82) is 0 Å². The van der Waals surface area contributed by atoms with Crippen LogP contribution in [0.3, 0.4) is 0 Å². The van der Waals surface area contributed by atoms with Gasteiger partial charge in [-0.3, -0.25) is 9.59 Å². The molecule has 2 aliphatic rings. The van der Waals surface area contributed by atoms with Crippen LogP contribution in [0.5, 0.6) is 0 Å². The Morgan fingerprint density at radius 3 is 2.70 bits per heavy atom. The lowest BCUT2D eigenvalue weighted by molar-refractivity contribution is -0.135. The minimum absolute atomic E-state index is 0.0167. The number of aromatic amines is 1. The monoisotopic (exact) mass is 506 g/mol. The molecule has 37 heavy (non-hydrogen) atoms. The number of halogens is 2. The van der Waals surface area contributed by atoms with Crippen molar-refractivity contribution in [2.75, 3.05) is 19.6 Å². The van der Waals surface area contributed by atoms with Crippen LogP contribution in [0.4, 0.5) is 8.78 Å². The van der Waals surface area contributed by atoms with Crippen LogP contribution < -0.4 is 16.1 Å². The van der Waals surface area contributed by atoms with Crippen molar-refractivity contribution in [2.24, 2.45) is 0 Å². The Bertz CT molecular complexity index is 1260. The maximum absolute atomic E-state index is 13.8. The average Bonchev–Trinajstić information content (AvgIpc) is 3.27. The van der Waals surface area contributed by atoms with E-state index in [1.54, 1.807) is 37.0 Å². The van der Waals surface area contributed by atoms with Gasteiger partial charge in [0.1, 0.15) is 25.0 Å². The van der Waals surface area contributed by atoms with E-state index >= 15 is 0 Å².